The summed E-state index contributed by atoms with van der Waals surface area (Å²) in [6.45, 7) is 6.76. The highest BCUT2D eigenvalue weighted by atomic mass is 35.5. The number of hydrogen-bond donors (Lipinski definition) is 1. The average Bonchev–Trinajstić information content (AvgIpc) is 2.86. The lowest BCUT2D eigenvalue weighted by Gasteiger charge is -2.35. The first-order valence-electron chi connectivity index (χ1n) is 9.59. The minimum Gasteiger partial charge on any atom is -0.387 e. The third-order valence-corrected chi connectivity index (χ3v) is 5.96. The number of piperidine rings is 1. The molecule has 3 rings (SSSR count). The second-order valence-electron chi connectivity index (χ2n) is 7.50. The number of aliphatic hydroxyl groups excluding tert-OH is 1. The molecule has 0 spiro atoms. The molecule has 2 saturated heterocycles. The smallest absolute Gasteiger partial charge is 0.0931 e. The normalized spacial score (nSPS) is 23.1. The van der Waals surface area contributed by atoms with Gasteiger partial charge in [0, 0.05) is 23.7 Å². The van der Waals surface area contributed by atoms with Crippen molar-refractivity contribution in [3.05, 3.63) is 34.9 Å². The molecule has 0 saturated carbocycles. The van der Waals surface area contributed by atoms with Gasteiger partial charge in [-0.2, -0.15) is 0 Å². The van der Waals surface area contributed by atoms with Crippen LogP contribution < -0.4 is 0 Å². The van der Waals surface area contributed by atoms with Crippen molar-refractivity contribution in [3.8, 4) is 0 Å². The Bertz CT molecular complexity index is 494. The largest absolute Gasteiger partial charge is 0.387 e. The Morgan fingerprint density at radius 2 is 1.62 bits per heavy atom. The molecule has 2 fully saturated rings. The van der Waals surface area contributed by atoms with Gasteiger partial charge in [-0.05, 0) is 63.8 Å². The molecule has 0 radical (unpaired) electrons. The molecule has 1 N–H and O–H groups in total. The van der Waals surface area contributed by atoms with Crippen LogP contribution >= 0.6 is 11.6 Å². The molecular weight excluding hydrogens is 320 g/mol. The predicted octanol–water partition coefficient (Wildman–Crippen LogP) is 3.96. The molecule has 0 aliphatic carbocycles. The number of halogens is 1. The van der Waals surface area contributed by atoms with E-state index < -0.39 is 6.10 Å². The Kier molecular flexibility index (Phi) is 6.96. The summed E-state index contributed by atoms with van der Waals surface area (Å²) in [5, 5.41) is 11.1. The van der Waals surface area contributed by atoms with Crippen molar-refractivity contribution in [2.24, 2.45) is 5.92 Å². The van der Waals surface area contributed by atoms with Crippen LogP contribution in [-0.2, 0) is 0 Å². The molecule has 2 aliphatic rings. The lowest BCUT2D eigenvalue weighted by Crippen LogP contribution is -2.40. The quantitative estimate of drug-likeness (QED) is 0.870. The van der Waals surface area contributed by atoms with E-state index >= 15 is 0 Å². The lowest BCUT2D eigenvalue weighted by atomic mass is 9.95. The Hall–Kier alpha value is -0.610. The van der Waals surface area contributed by atoms with Gasteiger partial charge in [-0.3, -0.25) is 0 Å². The Morgan fingerprint density at radius 1 is 0.958 bits per heavy atom. The van der Waals surface area contributed by atoms with Crippen molar-refractivity contribution in [2.75, 3.05) is 39.3 Å². The van der Waals surface area contributed by atoms with Gasteiger partial charge in [-0.1, -0.05) is 42.6 Å². The highest BCUT2D eigenvalue weighted by Gasteiger charge is 2.24. The summed E-state index contributed by atoms with van der Waals surface area (Å²) < 4.78 is 0. The zero-order valence-corrected chi connectivity index (χ0v) is 15.4. The molecule has 2 heterocycles. The molecule has 24 heavy (non-hydrogen) atoms. The van der Waals surface area contributed by atoms with E-state index in [1.54, 1.807) is 0 Å². The van der Waals surface area contributed by atoms with E-state index in [2.05, 4.69) is 9.80 Å². The SMILES string of the molecule is O[C@H](CN1CCC(CN2CCCCCC2)CC1)c1ccccc1Cl. The van der Waals surface area contributed by atoms with Crippen molar-refractivity contribution in [2.45, 2.75) is 44.6 Å². The van der Waals surface area contributed by atoms with Gasteiger partial charge in [0.15, 0.2) is 0 Å². The van der Waals surface area contributed by atoms with Crippen LogP contribution in [0.15, 0.2) is 24.3 Å². The number of benzene rings is 1. The summed E-state index contributed by atoms with van der Waals surface area (Å²) >= 11 is 6.20. The maximum atomic E-state index is 10.5. The van der Waals surface area contributed by atoms with Gasteiger partial charge < -0.3 is 14.9 Å². The van der Waals surface area contributed by atoms with Crippen LogP contribution in [-0.4, -0.2) is 54.2 Å². The van der Waals surface area contributed by atoms with Gasteiger partial charge in [0.2, 0.25) is 0 Å². The molecule has 1 aromatic rings. The number of aliphatic hydroxyl groups is 1. The van der Waals surface area contributed by atoms with Crippen LogP contribution in [0.3, 0.4) is 0 Å². The van der Waals surface area contributed by atoms with Crippen LogP contribution in [0.25, 0.3) is 0 Å². The van der Waals surface area contributed by atoms with Crippen LogP contribution in [0.1, 0.15) is 50.2 Å². The number of likely N-dealkylation sites (tertiary alicyclic amines) is 2. The summed E-state index contributed by atoms with van der Waals surface area (Å²) in [5.41, 5.74) is 0.853. The number of hydrogen-bond acceptors (Lipinski definition) is 3. The van der Waals surface area contributed by atoms with Crippen LogP contribution in [0, 0.1) is 5.92 Å². The van der Waals surface area contributed by atoms with E-state index in [9.17, 15) is 5.11 Å². The van der Waals surface area contributed by atoms with Crippen molar-refractivity contribution in [1.82, 2.24) is 9.80 Å². The number of rotatable bonds is 5. The van der Waals surface area contributed by atoms with E-state index in [4.69, 9.17) is 11.6 Å². The Morgan fingerprint density at radius 3 is 2.29 bits per heavy atom. The first-order valence-corrected chi connectivity index (χ1v) is 9.97. The summed E-state index contributed by atoms with van der Waals surface area (Å²) in [6.07, 6.45) is 7.60. The van der Waals surface area contributed by atoms with Gasteiger partial charge >= 0.3 is 0 Å². The topological polar surface area (TPSA) is 26.7 Å². The third kappa shape index (κ3) is 5.19. The standard InChI is InChI=1S/C20H31ClN2O/c21-19-8-4-3-7-18(19)20(24)16-23-13-9-17(10-14-23)15-22-11-5-1-2-6-12-22/h3-4,7-8,17,20,24H,1-2,5-6,9-16H2/t20-/m1/s1. The van der Waals surface area contributed by atoms with Gasteiger partial charge in [0.05, 0.1) is 6.10 Å². The minimum absolute atomic E-state index is 0.485. The zero-order chi connectivity index (χ0) is 16.8. The number of nitrogens with zero attached hydrogens (tertiary/aromatic N) is 2. The zero-order valence-electron chi connectivity index (χ0n) is 14.7. The molecular formula is C20H31ClN2O. The molecule has 3 nitrogen and oxygen atoms in total. The second kappa shape index (κ2) is 9.19. The summed E-state index contributed by atoms with van der Waals surface area (Å²) in [6, 6.07) is 7.64. The molecule has 1 aromatic carbocycles. The fourth-order valence-electron chi connectivity index (χ4n) is 4.12. The predicted molar refractivity (Wildman–Crippen MR) is 100 cm³/mol. The Balaban J connectivity index is 1.42. The molecule has 0 bridgehead atoms. The van der Waals surface area contributed by atoms with Crippen molar-refractivity contribution < 1.29 is 5.11 Å². The molecule has 0 aromatic heterocycles. The fourth-order valence-corrected chi connectivity index (χ4v) is 4.39. The molecule has 0 amide bonds. The highest BCUT2D eigenvalue weighted by Crippen LogP contribution is 2.26. The monoisotopic (exact) mass is 350 g/mol. The summed E-state index contributed by atoms with van der Waals surface area (Å²) in [5.74, 6) is 0.830. The lowest BCUT2D eigenvalue weighted by molar-refractivity contribution is 0.0812. The minimum atomic E-state index is -0.485. The Labute approximate surface area is 151 Å². The van der Waals surface area contributed by atoms with E-state index in [1.807, 2.05) is 24.3 Å². The van der Waals surface area contributed by atoms with Crippen molar-refractivity contribution in [1.29, 1.82) is 0 Å². The second-order valence-corrected chi connectivity index (χ2v) is 7.90. The fraction of sp³-hybridized carbons (Fsp3) is 0.700. The molecule has 4 heteroatoms. The van der Waals surface area contributed by atoms with E-state index in [-0.39, 0.29) is 0 Å². The van der Waals surface area contributed by atoms with E-state index in [0.717, 1.165) is 24.6 Å². The maximum absolute atomic E-state index is 10.5. The van der Waals surface area contributed by atoms with Crippen LogP contribution in [0.5, 0.6) is 0 Å². The molecule has 0 unspecified atom stereocenters. The molecule has 134 valence electrons. The summed E-state index contributed by atoms with van der Waals surface area (Å²) in [7, 11) is 0. The first-order chi connectivity index (χ1) is 11.7. The van der Waals surface area contributed by atoms with Crippen molar-refractivity contribution >= 4 is 11.6 Å². The van der Waals surface area contributed by atoms with Gasteiger partial charge in [-0.15, -0.1) is 0 Å². The van der Waals surface area contributed by atoms with Crippen LogP contribution in [0.2, 0.25) is 5.02 Å². The van der Waals surface area contributed by atoms with Gasteiger partial charge in [-0.25, -0.2) is 0 Å². The first kappa shape index (κ1) is 18.2. The number of β-amino-alcohol motifs (C(OH)–C–C–N with tert-alkyl or cyclic N) is 1. The molecule has 2 aliphatic heterocycles. The molecule has 1 atom stereocenters. The third-order valence-electron chi connectivity index (χ3n) is 5.62. The van der Waals surface area contributed by atoms with E-state index in [1.165, 1.54) is 58.2 Å². The average molecular weight is 351 g/mol. The van der Waals surface area contributed by atoms with E-state index in [0.29, 0.717) is 11.6 Å². The van der Waals surface area contributed by atoms with Crippen LogP contribution in [0.4, 0.5) is 0 Å². The summed E-state index contributed by atoms with van der Waals surface area (Å²) in [4.78, 5) is 5.08. The van der Waals surface area contributed by atoms with Crippen molar-refractivity contribution in [3.63, 3.8) is 0 Å². The highest BCUT2D eigenvalue weighted by molar-refractivity contribution is 6.31. The van der Waals surface area contributed by atoms with Gasteiger partial charge in [0.25, 0.3) is 0 Å². The van der Waals surface area contributed by atoms with Gasteiger partial charge in [0.1, 0.15) is 0 Å². The maximum Gasteiger partial charge on any atom is 0.0931 e.